The van der Waals surface area contributed by atoms with Gasteiger partial charge in [-0.05, 0) is 68.7 Å². The van der Waals surface area contributed by atoms with Crippen molar-refractivity contribution in [1.29, 1.82) is 0 Å². The van der Waals surface area contributed by atoms with E-state index in [0.29, 0.717) is 18.7 Å². The van der Waals surface area contributed by atoms with E-state index in [-0.39, 0.29) is 11.0 Å². The van der Waals surface area contributed by atoms with E-state index >= 15 is 0 Å². The Bertz CT molecular complexity index is 799. The Morgan fingerprint density at radius 1 is 1.08 bits per heavy atom. The third kappa shape index (κ3) is 5.47. The number of aryl methyl sites for hydroxylation is 1. The van der Waals surface area contributed by atoms with E-state index in [0.717, 1.165) is 16.9 Å². The lowest BCUT2D eigenvalue weighted by atomic mass is 10.1. The third-order valence-electron chi connectivity index (χ3n) is 3.68. The summed E-state index contributed by atoms with van der Waals surface area (Å²) in [5, 5.41) is 0. The first-order valence-corrected chi connectivity index (χ1v) is 9.70. The van der Waals surface area contributed by atoms with Gasteiger partial charge in [-0.15, -0.1) is 0 Å². The maximum absolute atomic E-state index is 12.4. The second kappa shape index (κ2) is 8.36. The Kier molecular flexibility index (Phi) is 6.45. The van der Waals surface area contributed by atoms with E-state index in [1.165, 1.54) is 0 Å². The van der Waals surface area contributed by atoms with Crippen LogP contribution in [0.25, 0.3) is 0 Å². The van der Waals surface area contributed by atoms with E-state index < -0.39 is 10.0 Å². The largest absolute Gasteiger partial charge is 0.496 e. The van der Waals surface area contributed by atoms with Crippen molar-refractivity contribution in [2.75, 3.05) is 13.7 Å². The van der Waals surface area contributed by atoms with Crippen molar-refractivity contribution in [2.45, 2.75) is 38.2 Å². The smallest absolute Gasteiger partial charge is 0.240 e. The minimum atomic E-state index is -3.53. The van der Waals surface area contributed by atoms with E-state index in [2.05, 4.69) is 4.72 Å². The first-order valence-electron chi connectivity index (χ1n) is 8.21. The SMILES string of the molecule is COc1ccc(S(=O)(=O)NCCc2ccc(OC(C)C)cc2)cc1C. The van der Waals surface area contributed by atoms with Crippen molar-refractivity contribution in [3.63, 3.8) is 0 Å². The lowest BCUT2D eigenvalue weighted by Gasteiger charge is -2.11. The van der Waals surface area contributed by atoms with Gasteiger partial charge in [0.15, 0.2) is 0 Å². The molecule has 0 heterocycles. The standard InChI is InChI=1S/C19H25NO4S/c1-14(2)24-17-7-5-16(6-8-17)11-12-20-25(21,22)18-9-10-19(23-4)15(3)13-18/h5-10,13-14,20H,11-12H2,1-4H3. The molecular weight excluding hydrogens is 338 g/mol. The molecule has 0 bridgehead atoms. The molecule has 1 N–H and O–H groups in total. The van der Waals surface area contributed by atoms with Crippen LogP contribution in [-0.4, -0.2) is 28.2 Å². The molecule has 0 aliphatic carbocycles. The zero-order chi connectivity index (χ0) is 18.4. The highest BCUT2D eigenvalue weighted by atomic mass is 32.2. The van der Waals surface area contributed by atoms with Gasteiger partial charge in [-0.3, -0.25) is 0 Å². The van der Waals surface area contributed by atoms with Crippen molar-refractivity contribution in [3.05, 3.63) is 53.6 Å². The summed E-state index contributed by atoms with van der Waals surface area (Å²) in [6.45, 7) is 6.10. The van der Waals surface area contributed by atoms with Crippen molar-refractivity contribution >= 4 is 10.0 Å². The molecule has 0 atom stereocenters. The van der Waals surface area contributed by atoms with Crippen LogP contribution < -0.4 is 14.2 Å². The summed E-state index contributed by atoms with van der Waals surface area (Å²) in [6.07, 6.45) is 0.738. The lowest BCUT2D eigenvalue weighted by molar-refractivity contribution is 0.242. The van der Waals surface area contributed by atoms with Crippen molar-refractivity contribution in [1.82, 2.24) is 4.72 Å². The molecule has 0 unspecified atom stereocenters. The fraction of sp³-hybridized carbons (Fsp3) is 0.368. The number of ether oxygens (including phenoxy) is 2. The van der Waals surface area contributed by atoms with E-state index in [9.17, 15) is 8.42 Å². The Morgan fingerprint density at radius 3 is 2.32 bits per heavy atom. The first kappa shape index (κ1) is 19.3. The quantitative estimate of drug-likeness (QED) is 0.781. The Labute approximate surface area is 150 Å². The number of hydrogen-bond acceptors (Lipinski definition) is 4. The minimum absolute atomic E-state index is 0.130. The maximum atomic E-state index is 12.4. The van der Waals surface area contributed by atoms with Gasteiger partial charge in [-0.2, -0.15) is 0 Å². The summed E-state index contributed by atoms with van der Waals surface area (Å²) >= 11 is 0. The van der Waals surface area contributed by atoms with Gasteiger partial charge in [0.05, 0.1) is 18.1 Å². The molecule has 0 spiro atoms. The predicted octanol–water partition coefficient (Wildman–Crippen LogP) is 3.31. The molecule has 0 amide bonds. The number of nitrogens with one attached hydrogen (secondary N) is 1. The van der Waals surface area contributed by atoms with Gasteiger partial charge < -0.3 is 9.47 Å². The van der Waals surface area contributed by atoms with E-state index in [4.69, 9.17) is 9.47 Å². The Hall–Kier alpha value is -2.05. The minimum Gasteiger partial charge on any atom is -0.496 e. The monoisotopic (exact) mass is 363 g/mol. The van der Waals surface area contributed by atoms with Crippen LogP contribution >= 0.6 is 0 Å². The summed E-state index contributed by atoms with van der Waals surface area (Å²) in [7, 11) is -1.97. The molecular formula is C19H25NO4S. The van der Waals surface area contributed by atoms with Gasteiger partial charge in [0.1, 0.15) is 11.5 Å². The van der Waals surface area contributed by atoms with Crippen LogP contribution in [0.5, 0.6) is 11.5 Å². The molecule has 0 aliphatic rings. The van der Waals surface area contributed by atoms with Gasteiger partial charge in [0, 0.05) is 6.54 Å². The van der Waals surface area contributed by atoms with Crippen molar-refractivity contribution in [2.24, 2.45) is 0 Å². The molecule has 2 rings (SSSR count). The summed E-state index contributed by atoms with van der Waals surface area (Å²) in [5.41, 5.74) is 1.83. The van der Waals surface area contributed by atoms with Crippen molar-refractivity contribution in [3.8, 4) is 11.5 Å². The van der Waals surface area contributed by atoms with Crippen LogP contribution in [0.1, 0.15) is 25.0 Å². The van der Waals surface area contributed by atoms with Gasteiger partial charge in [0.2, 0.25) is 10.0 Å². The highest BCUT2D eigenvalue weighted by molar-refractivity contribution is 7.89. The second-order valence-electron chi connectivity index (χ2n) is 6.09. The number of rotatable bonds is 8. The average Bonchev–Trinajstić information content (AvgIpc) is 2.55. The molecule has 6 heteroatoms. The lowest BCUT2D eigenvalue weighted by Crippen LogP contribution is -2.26. The molecule has 136 valence electrons. The van der Waals surface area contributed by atoms with Crippen LogP contribution in [0.3, 0.4) is 0 Å². The first-order chi connectivity index (χ1) is 11.8. The fourth-order valence-electron chi connectivity index (χ4n) is 2.44. The second-order valence-corrected chi connectivity index (χ2v) is 7.86. The number of methoxy groups -OCH3 is 1. The Balaban J connectivity index is 1.95. The van der Waals surface area contributed by atoms with Gasteiger partial charge >= 0.3 is 0 Å². The third-order valence-corrected chi connectivity index (χ3v) is 5.14. The zero-order valence-electron chi connectivity index (χ0n) is 15.1. The molecule has 0 saturated heterocycles. The highest BCUT2D eigenvalue weighted by Crippen LogP contribution is 2.21. The normalized spacial score (nSPS) is 11.6. The fourth-order valence-corrected chi connectivity index (χ4v) is 3.55. The van der Waals surface area contributed by atoms with Gasteiger partial charge in [-0.1, -0.05) is 12.1 Å². The Morgan fingerprint density at radius 2 is 1.76 bits per heavy atom. The number of sulfonamides is 1. The molecule has 0 saturated carbocycles. The molecule has 25 heavy (non-hydrogen) atoms. The maximum Gasteiger partial charge on any atom is 0.240 e. The van der Waals surface area contributed by atoms with Crippen LogP contribution in [0.15, 0.2) is 47.4 Å². The highest BCUT2D eigenvalue weighted by Gasteiger charge is 2.14. The predicted molar refractivity (Wildman–Crippen MR) is 98.8 cm³/mol. The topological polar surface area (TPSA) is 64.6 Å². The van der Waals surface area contributed by atoms with E-state index in [1.807, 2.05) is 45.0 Å². The van der Waals surface area contributed by atoms with Gasteiger partial charge in [-0.25, -0.2) is 13.1 Å². The molecule has 0 fully saturated rings. The van der Waals surface area contributed by atoms with Gasteiger partial charge in [0.25, 0.3) is 0 Å². The average molecular weight is 363 g/mol. The molecule has 0 aliphatic heterocycles. The molecule has 0 aromatic heterocycles. The van der Waals surface area contributed by atoms with Crippen LogP contribution in [0, 0.1) is 6.92 Å². The van der Waals surface area contributed by atoms with Crippen LogP contribution in [0.2, 0.25) is 0 Å². The van der Waals surface area contributed by atoms with E-state index in [1.54, 1.807) is 25.3 Å². The molecule has 2 aromatic carbocycles. The zero-order valence-corrected chi connectivity index (χ0v) is 15.9. The summed E-state index contributed by atoms with van der Waals surface area (Å²) in [4.78, 5) is 0.242. The molecule has 2 aromatic rings. The summed E-state index contributed by atoms with van der Waals surface area (Å²) < 4.78 is 38.1. The number of benzene rings is 2. The number of hydrogen-bond donors (Lipinski definition) is 1. The van der Waals surface area contributed by atoms with Crippen molar-refractivity contribution < 1.29 is 17.9 Å². The van der Waals surface area contributed by atoms with Crippen LogP contribution in [-0.2, 0) is 16.4 Å². The molecule has 5 nitrogen and oxygen atoms in total. The van der Waals surface area contributed by atoms with Crippen LogP contribution in [0.4, 0.5) is 0 Å². The summed E-state index contributed by atoms with van der Waals surface area (Å²) in [5.74, 6) is 1.48. The molecule has 0 radical (unpaired) electrons. The summed E-state index contributed by atoms with van der Waals surface area (Å²) in [6, 6.07) is 12.5.